The van der Waals surface area contributed by atoms with Crippen molar-refractivity contribution < 1.29 is 34.3 Å². The number of esters is 1. The molecule has 8 atom stereocenters. The maximum atomic E-state index is 11.7. The number of hydrogen-bond acceptors (Lipinski definition) is 7. The number of ether oxygens (including phenoxy) is 3. The van der Waals surface area contributed by atoms with Crippen molar-refractivity contribution in [1.82, 2.24) is 0 Å². The molecule has 3 heterocycles. The van der Waals surface area contributed by atoms with Gasteiger partial charge in [-0.15, -0.1) is 0 Å². The third kappa shape index (κ3) is 14.2. The quantitative estimate of drug-likeness (QED) is 0.0703. The fourth-order valence-corrected chi connectivity index (χ4v) is 7.28. The second kappa shape index (κ2) is 21.7. The standard InChI is InChI=1S/C37H66O7/c1-3-4-5-6-7-11-14-17-20-31(39)33-22-24-35(43-33)36-25-23-34(44-36)32(40)21-18-15-12-9-8-10-13-16-19-30(38)27-29-26-28(2)42-37(29)41/h26,28,30-36,38-40H,3-25,27H2,1-2H3/t28-,30?,31-,32+,33+,34+,35+,36+/m0/s1. The molecule has 0 aromatic carbocycles. The molecule has 0 aliphatic carbocycles. The van der Waals surface area contributed by atoms with Gasteiger partial charge in [-0.1, -0.05) is 110 Å². The Kier molecular flexibility index (Phi) is 18.5. The van der Waals surface area contributed by atoms with Crippen molar-refractivity contribution in [2.75, 3.05) is 0 Å². The smallest absolute Gasteiger partial charge is 0.334 e. The maximum absolute atomic E-state index is 11.7. The Morgan fingerprint density at radius 1 is 0.659 bits per heavy atom. The number of rotatable bonds is 25. The zero-order valence-electron chi connectivity index (χ0n) is 28.1. The molecule has 0 aromatic rings. The van der Waals surface area contributed by atoms with Crippen LogP contribution < -0.4 is 0 Å². The number of hydrogen-bond donors (Lipinski definition) is 3. The summed E-state index contributed by atoms with van der Waals surface area (Å²) in [6, 6.07) is 0. The first-order valence-electron chi connectivity index (χ1n) is 18.6. The fraction of sp³-hybridized carbons (Fsp3) is 0.919. The van der Waals surface area contributed by atoms with Gasteiger partial charge in [0.2, 0.25) is 0 Å². The molecule has 0 bridgehead atoms. The van der Waals surface area contributed by atoms with Crippen molar-refractivity contribution in [2.24, 2.45) is 0 Å². The summed E-state index contributed by atoms with van der Waals surface area (Å²) in [6.07, 6.45) is 26.1. The van der Waals surface area contributed by atoms with Gasteiger partial charge in [0.05, 0.1) is 42.7 Å². The van der Waals surface area contributed by atoms with Gasteiger partial charge in [-0.3, -0.25) is 0 Å². The van der Waals surface area contributed by atoms with Crippen molar-refractivity contribution >= 4 is 5.97 Å². The van der Waals surface area contributed by atoms with Gasteiger partial charge < -0.3 is 29.5 Å². The lowest BCUT2D eigenvalue weighted by Crippen LogP contribution is -2.33. The van der Waals surface area contributed by atoms with Gasteiger partial charge in [0.15, 0.2) is 0 Å². The van der Waals surface area contributed by atoms with Gasteiger partial charge in [0.25, 0.3) is 0 Å². The molecule has 3 aliphatic rings. The molecule has 3 N–H and O–H groups in total. The number of aliphatic hydroxyl groups excluding tert-OH is 3. The minimum atomic E-state index is -0.463. The number of carbonyl (C=O) groups excluding carboxylic acids is 1. The van der Waals surface area contributed by atoms with Crippen LogP contribution in [0.25, 0.3) is 0 Å². The van der Waals surface area contributed by atoms with Crippen LogP contribution >= 0.6 is 0 Å². The molecule has 0 aromatic heterocycles. The Balaban J connectivity index is 1.13. The van der Waals surface area contributed by atoms with Gasteiger partial charge in [0.1, 0.15) is 6.10 Å². The summed E-state index contributed by atoms with van der Waals surface area (Å²) in [7, 11) is 0. The Labute approximate surface area is 268 Å². The lowest BCUT2D eigenvalue weighted by Gasteiger charge is -2.24. The van der Waals surface area contributed by atoms with E-state index in [0.29, 0.717) is 12.0 Å². The first kappa shape index (κ1) is 37.5. The van der Waals surface area contributed by atoms with Crippen molar-refractivity contribution in [1.29, 1.82) is 0 Å². The molecule has 3 rings (SSSR count). The number of unbranched alkanes of at least 4 members (excludes halogenated alkanes) is 14. The van der Waals surface area contributed by atoms with E-state index in [1.165, 1.54) is 70.6 Å². The fourth-order valence-electron chi connectivity index (χ4n) is 7.28. The third-order valence-electron chi connectivity index (χ3n) is 10.0. The summed E-state index contributed by atoms with van der Waals surface area (Å²) in [4.78, 5) is 11.7. The first-order chi connectivity index (χ1) is 21.4. The number of aliphatic hydroxyl groups is 3. The normalized spacial score (nSPS) is 27.4. The van der Waals surface area contributed by atoms with Crippen LogP contribution in [-0.4, -0.2) is 70.1 Å². The summed E-state index contributed by atoms with van der Waals surface area (Å²) < 4.78 is 17.7. The van der Waals surface area contributed by atoms with Gasteiger partial charge >= 0.3 is 5.97 Å². The topological polar surface area (TPSA) is 105 Å². The van der Waals surface area contributed by atoms with E-state index in [1.54, 1.807) is 0 Å². The second-order valence-electron chi connectivity index (χ2n) is 14.0. The van der Waals surface area contributed by atoms with Crippen molar-refractivity contribution in [3.8, 4) is 0 Å². The molecule has 44 heavy (non-hydrogen) atoms. The molecule has 0 radical (unpaired) electrons. The molecule has 7 heteroatoms. The number of cyclic esters (lactones) is 1. The highest BCUT2D eigenvalue weighted by Gasteiger charge is 2.40. The van der Waals surface area contributed by atoms with Crippen LogP contribution in [0.2, 0.25) is 0 Å². The molecule has 0 amide bonds. The third-order valence-corrected chi connectivity index (χ3v) is 10.0. The lowest BCUT2D eigenvalue weighted by atomic mass is 10.00. The van der Waals surface area contributed by atoms with Crippen LogP contribution in [0.15, 0.2) is 11.6 Å². The highest BCUT2D eigenvalue weighted by molar-refractivity contribution is 5.90. The van der Waals surface area contributed by atoms with Crippen molar-refractivity contribution in [2.45, 2.75) is 217 Å². The van der Waals surface area contributed by atoms with Gasteiger partial charge in [-0.05, 0) is 57.9 Å². The SMILES string of the molecule is CCCCCCCCCC[C@H](O)[C@H]1CC[C@H]([C@H]2CC[C@H]([C@H](O)CCCCCCCCCCC(O)CC3=C[C@H](C)OC3=O)O2)O1. The Bertz CT molecular complexity index is 801. The number of carbonyl (C=O) groups is 1. The second-order valence-corrected chi connectivity index (χ2v) is 14.0. The van der Waals surface area contributed by atoms with E-state index in [1.807, 2.05) is 13.0 Å². The summed E-state index contributed by atoms with van der Waals surface area (Å²) in [5.74, 6) is -0.281. The molecule has 1 unspecified atom stereocenters. The minimum Gasteiger partial charge on any atom is -0.455 e. The Morgan fingerprint density at radius 3 is 1.52 bits per heavy atom. The van der Waals surface area contributed by atoms with Crippen LogP contribution in [0.4, 0.5) is 0 Å². The van der Waals surface area contributed by atoms with Crippen LogP contribution in [0.5, 0.6) is 0 Å². The largest absolute Gasteiger partial charge is 0.455 e. The van der Waals surface area contributed by atoms with E-state index in [2.05, 4.69) is 6.92 Å². The summed E-state index contributed by atoms with van der Waals surface area (Å²) in [5.41, 5.74) is 0.617. The van der Waals surface area contributed by atoms with Gasteiger partial charge in [0, 0.05) is 12.0 Å². The van der Waals surface area contributed by atoms with E-state index < -0.39 is 12.2 Å². The van der Waals surface area contributed by atoms with Gasteiger partial charge in [-0.25, -0.2) is 4.79 Å². The minimum absolute atomic E-state index is 0.0519. The van der Waals surface area contributed by atoms with E-state index >= 15 is 0 Å². The summed E-state index contributed by atoms with van der Waals surface area (Å²) in [6.45, 7) is 4.09. The highest BCUT2D eigenvalue weighted by atomic mass is 16.6. The average molecular weight is 623 g/mol. The molecule has 0 spiro atoms. The zero-order valence-corrected chi connectivity index (χ0v) is 28.1. The Morgan fingerprint density at radius 2 is 1.09 bits per heavy atom. The van der Waals surface area contributed by atoms with Crippen LogP contribution in [0, 0.1) is 0 Å². The predicted molar refractivity (Wildman–Crippen MR) is 175 cm³/mol. The van der Waals surface area contributed by atoms with E-state index in [0.717, 1.165) is 77.0 Å². The van der Waals surface area contributed by atoms with E-state index in [4.69, 9.17) is 14.2 Å². The first-order valence-corrected chi connectivity index (χ1v) is 18.6. The monoisotopic (exact) mass is 622 g/mol. The predicted octanol–water partition coefficient (Wildman–Crippen LogP) is 7.86. The van der Waals surface area contributed by atoms with Crippen LogP contribution in [-0.2, 0) is 19.0 Å². The molecule has 2 saturated heterocycles. The molecule has 0 saturated carbocycles. The van der Waals surface area contributed by atoms with E-state index in [9.17, 15) is 20.1 Å². The molecule has 3 aliphatic heterocycles. The highest BCUT2D eigenvalue weighted by Crippen LogP contribution is 2.34. The molecular formula is C37H66O7. The zero-order chi connectivity index (χ0) is 31.6. The van der Waals surface area contributed by atoms with Crippen LogP contribution in [0.3, 0.4) is 0 Å². The summed E-state index contributed by atoms with van der Waals surface area (Å²) in [5, 5.41) is 31.6. The lowest BCUT2D eigenvalue weighted by molar-refractivity contribution is -0.139. The van der Waals surface area contributed by atoms with E-state index in [-0.39, 0.29) is 42.6 Å². The summed E-state index contributed by atoms with van der Waals surface area (Å²) >= 11 is 0. The van der Waals surface area contributed by atoms with Gasteiger partial charge in [-0.2, -0.15) is 0 Å². The molecule has 7 nitrogen and oxygen atoms in total. The van der Waals surface area contributed by atoms with Crippen molar-refractivity contribution in [3.63, 3.8) is 0 Å². The average Bonchev–Trinajstić information content (AvgIpc) is 3.75. The van der Waals surface area contributed by atoms with Crippen molar-refractivity contribution in [3.05, 3.63) is 11.6 Å². The van der Waals surface area contributed by atoms with Crippen LogP contribution in [0.1, 0.15) is 168 Å². The molecule has 2 fully saturated rings. The molecular weight excluding hydrogens is 556 g/mol. The molecule has 256 valence electrons. The Hall–Kier alpha value is -0.990. The maximum Gasteiger partial charge on any atom is 0.334 e.